The molecule has 0 aromatic carbocycles. The minimum atomic E-state index is 0.319. The van der Waals surface area contributed by atoms with Gasteiger partial charge in [-0.25, -0.2) is 0 Å². The molecule has 1 nitrogen and oxygen atoms in total. The Bertz CT molecular complexity index is 10.8. The van der Waals surface area contributed by atoms with Gasteiger partial charge in [-0.3, -0.25) is 0 Å². The number of hydrogen-bond donors (Lipinski definition) is 1. The first-order chi connectivity index (χ1) is 2.91. The fourth-order valence-corrected chi connectivity index (χ4v) is 0. The number of hydrogen-bond acceptors (Lipinski definition) is 1. The van der Waals surface area contributed by atoms with Crippen molar-refractivity contribution in [3.05, 3.63) is 0 Å². The fraction of sp³-hybridized carbons (Fsp3) is 1.00. The van der Waals surface area contributed by atoms with Crippen molar-refractivity contribution in [1.82, 2.24) is 0 Å². The third-order valence-electron chi connectivity index (χ3n) is 0.224. The van der Waals surface area contributed by atoms with Crippen LogP contribution >= 0.6 is 0 Å². The van der Waals surface area contributed by atoms with E-state index in [0.717, 1.165) is 6.42 Å². The highest BCUT2D eigenvalue weighted by Gasteiger charge is 1.57. The van der Waals surface area contributed by atoms with Gasteiger partial charge in [0.05, 0.1) is 0 Å². The van der Waals surface area contributed by atoms with Crippen LogP contribution in [0.1, 0.15) is 13.3 Å². The van der Waals surface area contributed by atoms with Gasteiger partial charge in [0.2, 0.25) is 0 Å². The molecule has 6 heavy (non-hydrogen) atoms. The first-order valence-corrected chi connectivity index (χ1v) is 10.5. The van der Waals surface area contributed by atoms with E-state index in [-0.39, 0.29) is 0 Å². The topological polar surface area (TPSA) is 20.2 Å². The summed E-state index contributed by atoms with van der Waals surface area (Å²) in [6.07, 6.45) is 0.875. The lowest BCUT2D eigenvalue weighted by atomic mass is 10.5. The van der Waals surface area contributed by atoms with Crippen molar-refractivity contribution >= 4 is 19.5 Å². The Morgan fingerprint density at radius 3 is 1.67 bits per heavy atom. The molecule has 0 aliphatic rings. The Morgan fingerprint density at radius 2 is 1.67 bits per heavy atom. The van der Waals surface area contributed by atoms with Crippen molar-refractivity contribution in [3.63, 3.8) is 0 Å². The standard InChI is InChI=1S/C3H8O.H6Si2/c1-2-3-4;1-2/h4H,2-3H2,1H3;1-2H3. The first-order valence-electron chi connectivity index (χ1n) is 2.52. The van der Waals surface area contributed by atoms with Crippen LogP contribution in [0.5, 0.6) is 0 Å². The van der Waals surface area contributed by atoms with Crippen molar-refractivity contribution in [1.29, 1.82) is 0 Å². The van der Waals surface area contributed by atoms with Gasteiger partial charge in [0, 0.05) is 6.61 Å². The van der Waals surface area contributed by atoms with Crippen molar-refractivity contribution in [2.75, 3.05) is 6.61 Å². The van der Waals surface area contributed by atoms with Gasteiger partial charge in [0.25, 0.3) is 0 Å². The van der Waals surface area contributed by atoms with Crippen LogP contribution in [0, 0.1) is 0 Å². The van der Waals surface area contributed by atoms with Crippen LogP contribution in [-0.4, -0.2) is 31.2 Å². The molecule has 1 N–H and O–H groups in total. The molecule has 0 atom stereocenters. The highest BCUT2D eigenvalue weighted by atomic mass is 29.1. The van der Waals surface area contributed by atoms with Gasteiger partial charge >= 0.3 is 0 Å². The third-order valence-corrected chi connectivity index (χ3v) is 0.224. The van der Waals surface area contributed by atoms with Crippen LogP contribution in [0.3, 0.4) is 0 Å². The van der Waals surface area contributed by atoms with Crippen LogP contribution in [0.4, 0.5) is 0 Å². The van der Waals surface area contributed by atoms with E-state index in [4.69, 9.17) is 5.11 Å². The van der Waals surface area contributed by atoms with Gasteiger partial charge in [-0.15, -0.1) is 0 Å². The lowest BCUT2D eigenvalue weighted by molar-refractivity contribution is 0.295. The molecule has 0 saturated carbocycles. The van der Waals surface area contributed by atoms with Gasteiger partial charge in [0.15, 0.2) is 0 Å². The van der Waals surface area contributed by atoms with E-state index in [2.05, 4.69) is 0 Å². The summed E-state index contributed by atoms with van der Waals surface area (Å²) in [5, 5.41) is 7.88. The minimum absolute atomic E-state index is 0.319. The molecule has 0 aliphatic carbocycles. The average molecular weight is 122 g/mol. The molecule has 0 aromatic heterocycles. The maximum atomic E-state index is 7.88. The molecule has 0 bridgehead atoms. The summed E-state index contributed by atoms with van der Waals surface area (Å²) in [4.78, 5) is 0. The first kappa shape index (κ1) is 9.64. The molecule has 0 amide bonds. The Morgan fingerprint density at radius 1 is 1.50 bits per heavy atom. The van der Waals surface area contributed by atoms with Crippen molar-refractivity contribution in [2.24, 2.45) is 0 Å². The lowest BCUT2D eigenvalue weighted by Gasteiger charge is -1.69. The Hall–Kier alpha value is 0.394. The van der Waals surface area contributed by atoms with Crippen LogP contribution in [0.2, 0.25) is 0 Å². The minimum Gasteiger partial charge on any atom is -0.396 e. The maximum Gasteiger partial charge on any atom is 0.0428 e. The second-order valence-electron chi connectivity index (χ2n) is 0.724. The average Bonchev–Trinajstić information content (AvgIpc) is 1.72. The van der Waals surface area contributed by atoms with Crippen LogP contribution in [0.25, 0.3) is 0 Å². The zero-order valence-corrected chi connectivity index (χ0v) is 8.86. The molecule has 0 radical (unpaired) electrons. The van der Waals surface area contributed by atoms with E-state index in [1.54, 1.807) is 0 Å². The maximum absolute atomic E-state index is 7.88. The van der Waals surface area contributed by atoms with E-state index >= 15 is 0 Å². The second kappa shape index (κ2) is 18.2. The summed E-state index contributed by atoms with van der Waals surface area (Å²) in [5.74, 6) is 0. The monoisotopic (exact) mass is 122 g/mol. The molecule has 0 rings (SSSR count). The van der Waals surface area contributed by atoms with Gasteiger partial charge in [-0.1, -0.05) is 6.92 Å². The third kappa shape index (κ3) is 26.1. The smallest absolute Gasteiger partial charge is 0.0428 e. The largest absolute Gasteiger partial charge is 0.396 e. The second-order valence-corrected chi connectivity index (χ2v) is 0.724. The zero-order valence-electron chi connectivity index (χ0n) is 4.86. The molecule has 3 heteroatoms. The molecule has 0 saturated heterocycles. The Balaban J connectivity index is 0. The summed E-state index contributed by atoms with van der Waals surface area (Å²) in [5.41, 5.74) is 0. The highest BCUT2D eigenvalue weighted by Crippen LogP contribution is 1.61. The summed E-state index contributed by atoms with van der Waals surface area (Å²) in [6, 6.07) is 0. The normalized spacial score (nSPS) is 7.00. The highest BCUT2D eigenvalue weighted by molar-refractivity contribution is 6.75. The van der Waals surface area contributed by atoms with Gasteiger partial charge in [-0.2, -0.15) is 0 Å². The Labute approximate surface area is 45.4 Å². The van der Waals surface area contributed by atoms with E-state index in [1.807, 2.05) is 6.92 Å². The molecule has 0 spiro atoms. The number of rotatable bonds is 1. The van der Waals surface area contributed by atoms with E-state index in [9.17, 15) is 0 Å². The van der Waals surface area contributed by atoms with Crippen LogP contribution in [-0.2, 0) is 0 Å². The fourth-order valence-electron chi connectivity index (χ4n) is 0. The van der Waals surface area contributed by atoms with Gasteiger partial charge in [0.1, 0.15) is 0 Å². The van der Waals surface area contributed by atoms with Crippen molar-refractivity contribution < 1.29 is 5.11 Å². The van der Waals surface area contributed by atoms with Crippen LogP contribution < -0.4 is 0 Å². The summed E-state index contributed by atoms with van der Waals surface area (Å²) in [7, 11) is 2.89. The predicted molar refractivity (Wildman–Crippen MR) is 37.3 cm³/mol. The SMILES string of the molecule is CCCO.[SiH3][SiH3]. The lowest BCUT2D eigenvalue weighted by Crippen LogP contribution is -1.69. The van der Waals surface area contributed by atoms with Crippen molar-refractivity contribution in [3.8, 4) is 0 Å². The molecule has 0 heterocycles. The molecule has 40 valence electrons. The predicted octanol–water partition coefficient (Wildman–Crippen LogP) is -1.98. The molecule has 0 aliphatic heterocycles. The molecule has 0 unspecified atom stereocenters. The van der Waals surface area contributed by atoms with E-state index in [0.29, 0.717) is 6.61 Å². The van der Waals surface area contributed by atoms with E-state index in [1.165, 1.54) is 19.5 Å². The molecule has 0 aromatic rings. The molecule has 0 fully saturated rings. The van der Waals surface area contributed by atoms with Gasteiger partial charge in [-0.05, 0) is 25.9 Å². The summed E-state index contributed by atoms with van der Waals surface area (Å²) < 4.78 is 0. The quantitative estimate of drug-likeness (QED) is 0.400. The van der Waals surface area contributed by atoms with Gasteiger partial charge < -0.3 is 5.11 Å². The van der Waals surface area contributed by atoms with Crippen LogP contribution in [0.15, 0.2) is 0 Å². The molecular formula is C3H14OSi2. The van der Waals surface area contributed by atoms with Crippen molar-refractivity contribution in [2.45, 2.75) is 13.3 Å². The number of aliphatic hydroxyl groups excluding tert-OH is 1. The van der Waals surface area contributed by atoms with E-state index < -0.39 is 0 Å². The number of aliphatic hydroxyl groups is 1. The summed E-state index contributed by atoms with van der Waals surface area (Å²) >= 11 is 0. The molecular weight excluding hydrogens is 108 g/mol. The summed E-state index contributed by atoms with van der Waals surface area (Å²) in [6.45, 7) is 2.25. The Kier molecular flexibility index (Phi) is 29.2. The zero-order chi connectivity index (χ0) is 5.41.